The molecule has 2 rings (SSSR count). The maximum Gasteiger partial charge on any atom is 0.303 e. The largest absolute Gasteiger partial charge is 0.457 e. The van der Waals surface area contributed by atoms with Crippen LogP contribution in [-0.2, 0) is 30.4 Å². The van der Waals surface area contributed by atoms with E-state index in [-0.39, 0.29) is 6.61 Å². The van der Waals surface area contributed by atoms with Crippen LogP contribution in [0.2, 0.25) is 0 Å². The number of hydrogen-bond acceptors (Lipinski definition) is 7. The van der Waals surface area contributed by atoms with E-state index in [1.165, 1.54) is 13.8 Å². The van der Waals surface area contributed by atoms with Gasteiger partial charge in [0.2, 0.25) is 5.91 Å². The van der Waals surface area contributed by atoms with Gasteiger partial charge in [0.05, 0.1) is 13.2 Å². The maximum atomic E-state index is 11.5. The molecule has 0 bridgehead atoms. The Kier molecular flexibility index (Phi) is 6.89. The summed E-state index contributed by atoms with van der Waals surface area (Å²) in [5.41, 5.74) is 0.878. The molecule has 0 spiro atoms. The SMILES string of the molecule is CC(=O)N[C@H]1[C@@H](OCc2ccccc2)O[C@H](CO)[C@H](O)[C@@H]1OC(C)=O. The van der Waals surface area contributed by atoms with Gasteiger partial charge in [0.1, 0.15) is 18.2 Å². The number of esters is 1. The molecule has 1 aliphatic heterocycles. The molecule has 0 unspecified atom stereocenters. The molecule has 1 aromatic carbocycles. The van der Waals surface area contributed by atoms with Crippen molar-refractivity contribution < 1.29 is 34.0 Å². The lowest BCUT2D eigenvalue weighted by Crippen LogP contribution is -2.65. The summed E-state index contributed by atoms with van der Waals surface area (Å²) in [5, 5.41) is 22.3. The van der Waals surface area contributed by atoms with Gasteiger partial charge in [-0.2, -0.15) is 0 Å². The van der Waals surface area contributed by atoms with E-state index < -0.39 is 49.1 Å². The van der Waals surface area contributed by atoms with Gasteiger partial charge >= 0.3 is 5.97 Å². The molecule has 1 fully saturated rings. The molecular weight excluding hydrogens is 330 g/mol. The highest BCUT2D eigenvalue weighted by Crippen LogP contribution is 2.25. The molecule has 8 nitrogen and oxygen atoms in total. The summed E-state index contributed by atoms with van der Waals surface area (Å²) >= 11 is 0. The van der Waals surface area contributed by atoms with E-state index in [1.807, 2.05) is 30.3 Å². The van der Waals surface area contributed by atoms with Gasteiger partial charge < -0.3 is 29.7 Å². The fourth-order valence-corrected chi connectivity index (χ4v) is 2.68. The predicted octanol–water partition coefficient (Wildman–Crippen LogP) is -0.282. The minimum absolute atomic E-state index is 0.183. The molecule has 0 aromatic heterocycles. The second-order valence-electron chi connectivity index (χ2n) is 5.81. The number of benzene rings is 1. The molecule has 138 valence electrons. The number of rotatable bonds is 6. The number of carbonyl (C=O) groups excluding carboxylic acids is 2. The Labute approximate surface area is 145 Å². The normalized spacial score (nSPS) is 29.0. The van der Waals surface area contributed by atoms with Gasteiger partial charge in [-0.3, -0.25) is 9.59 Å². The zero-order valence-electron chi connectivity index (χ0n) is 14.1. The highest BCUT2D eigenvalue weighted by Gasteiger charge is 2.48. The Morgan fingerprint density at radius 3 is 2.48 bits per heavy atom. The van der Waals surface area contributed by atoms with Crippen LogP contribution >= 0.6 is 0 Å². The lowest BCUT2D eigenvalue weighted by atomic mass is 9.96. The monoisotopic (exact) mass is 353 g/mol. The highest BCUT2D eigenvalue weighted by atomic mass is 16.7. The van der Waals surface area contributed by atoms with Gasteiger partial charge in [-0.1, -0.05) is 30.3 Å². The molecular formula is C17H23NO7. The molecule has 1 saturated heterocycles. The standard InChI is InChI=1S/C17H23NO7/c1-10(20)18-14-16(24-11(2)21)15(22)13(8-19)25-17(14)23-9-12-6-4-3-5-7-12/h3-7,13-17,19,22H,8-9H2,1-2H3,(H,18,20)/t13-,14-,15+,16-,17+/m1/s1. The summed E-state index contributed by atoms with van der Waals surface area (Å²) in [6.07, 6.45) is -4.42. The second-order valence-corrected chi connectivity index (χ2v) is 5.81. The van der Waals surface area contributed by atoms with Crippen LogP contribution in [0.1, 0.15) is 19.4 Å². The fourth-order valence-electron chi connectivity index (χ4n) is 2.68. The average Bonchev–Trinajstić information content (AvgIpc) is 2.57. The zero-order valence-corrected chi connectivity index (χ0v) is 14.1. The minimum Gasteiger partial charge on any atom is -0.457 e. The molecule has 0 aliphatic carbocycles. The Bertz CT molecular complexity index is 580. The molecule has 3 N–H and O–H groups in total. The van der Waals surface area contributed by atoms with Gasteiger partial charge in [-0.05, 0) is 5.56 Å². The number of nitrogens with one attached hydrogen (secondary N) is 1. The highest BCUT2D eigenvalue weighted by molar-refractivity contribution is 5.73. The first kappa shape index (κ1) is 19.3. The van der Waals surface area contributed by atoms with Crippen molar-refractivity contribution in [3.63, 3.8) is 0 Å². The van der Waals surface area contributed by atoms with E-state index in [0.717, 1.165) is 5.56 Å². The molecule has 25 heavy (non-hydrogen) atoms. The van der Waals surface area contributed by atoms with Gasteiger partial charge in [0.15, 0.2) is 12.4 Å². The zero-order chi connectivity index (χ0) is 18.4. The molecule has 8 heteroatoms. The van der Waals surface area contributed by atoms with Crippen molar-refractivity contribution in [3.05, 3.63) is 35.9 Å². The number of aliphatic hydroxyl groups excluding tert-OH is 2. The molecule has 0 saturated carbocycles. The Morgan fingerprint density at radius 1 is 1.24 bits per heavy atom. The lowest BCUT2D eigenvalue weighted by Gasteiger charge is -2.43. The third-order valence-corrected chi connectivity index (χ3v) is 3.78. The van der Waals surface area contributed by atoms with Crippen LogP contribution in [0, 0.1) is 0 Å². The molecule has 1 aromatic rings. The van der Waals surface area contributed by atoms with E-state index in [2.05, 4.69) is 5.32 Å². The third-order valence-electron chi connectivity index (χ3n) is 3.78. The van der Waals surface area contributed by atoms with Crippen LogP contribution in [0.15, 0.2) is 30.3 Å². The third kappa shape index (κ3) is 5.23. The summed E-state index contributed by atoms with van der Waals surface area (Å²) in [5.74, 6) is -1.02. The summed E-state index contributed by atoms with van der Waals surface area (Å²) in [6, 6.07) is 8.38. The number of aliphatic hydroxyl groups is 2. The second kappa shape index (κ2) is 8.91. The predicted molar refractivity (Wildman–Crippen MR) is 86.1 cm³/mol. The van der Waals surface area contributed by atoms with Crippen molar-refractivity contribution in [1.29, 1.82) is 0 Å². The Morgan fingerprint density at radius 2 is 1.92 bits per heavy atom. The van der Waals surface area contributed by atoms with Gasteiger partial charge in [0, 0.05) is 13.8 Å². The molecule has 1 aliphatic rings. The first-order valence-electron chi connectivity index (χ1n) is 7.96. The van der Waals surface area contributed by atoms with E-state index in [1.54, 1.807) is 0 Å². The van der Waals surface area contributed by atoms with Crippen LogP contribution in [0.4, 0.5) is 0 Å². The van der Waals surface area contributed by atoms with Gasteiger partial charge in [0.25, 0.3) is 0 Å². The Balaban J connectivity index is 2.19. The molecule has 5 atom stereocenters. The van der Waals surface area contributed by atoms with Crippen LogP contribution in [-0.4, -0.2) is 59.3 Å². The van der Waals surface area contributed by atoms with Crippen LogP contribution < -0.4 is 5.32 Å². The fraction of sp³-hybridized carbons (Fsp3) is 0.529. The van der Waals surface area contributed by atoms with Crippen molar-refractivity contribution in [1.82, 2.24) is 5.32 Å². The quantitative estimate of drug-likeness (QED) is 0.603. The van der Waals surface area contributed by atoms with E-state index in [9.17, 15) is 19.8 Å². The maximum absolute atomic E-state index is 11.5. The van der Waals surface area contributed by atoms with Gasteiger partial charge in [-0.25, -0.2) is 0 Å². The summed E-state index contributed by atoms with van der Waals surface area (Å²) in [7, 11) is 0. The van der Waals surface area contributed by atoms with Crippen LogP contribution in [0.5, 0.6) is 0 Å². The Hall–Kier alpha value is -2.00. The smallest absolute Gasteiger partial charge is 0.303 e. The average molecular weight is 353 g/mol. The minimum atomic E-state index is -1.30. The summed E-state index contributed by atoms with van der Waals surface area (Å²) in [4.78, 5) is 22.9. The van der Waals surface area contributed by atoms with E-state index >= 15 is 0 Å². The number of carbonyl (C=O) groups is 2. The van der Waals surface area contributed by atoms with Crippen LogP contribution in [0.25, 0.3) is 0 Å². The van der Waals surface area contributed by atoms with Crippen molar-refractivity contribution in [2.45, 2.75) is 51.1 Å². The number of ether oxygens (including phenoxy) is 3. The van der Waals surface area contributed by atoms with E-state index in [0.29, 0.717) is 0 Å². The summed E-state index contributed by atoms with van der Waals surface area (Å²) in [6.45, 7) is 2.18. The van der Waals surface area contributed by atoms with Crippen molar-refractivity contribution >= 4 is 11.9 Å². The van der Waals surface area contributed by atoms with Crippen molar-refractivity contribution in [3.8, 4) is 0 Å². The topological polar surface area (TPSA) is 114 Å². The first-order valence-corrected chi connectivity index (χ1v) is 7.96. The van der Waals surface area contributed by atoms with Crippen LogP contribution in [0.3, 0.4) is 0 Å². The molecule has 1 heterocycles. The summed E-state index contributed by atoms with van der Waals surface area (Å²) < 4.78 is 16.4. The number of amides is 1. The van der Waals surface area contributed by atoms with Gasteiger partial charge in [-0.15, -0.1) is 0 Å². The lowest BCUT2D eigenvalue weighted by molar-refractivity contribution is -0.276. The molecule has 1 amide bonds. The van der Waals surface area contributed by atoms with Crippen molar-refractivity contribution in [2.75, 3.05) is 6.61 Å². The number of hydrogen-bond donors (Lipinski definition) is 3. The van der Waals surface area contributed by atoms with E-state index in [4.69, 9.17) is 14.2 Å². The molecule has 0 radical (unpaired) electrons. The first-order chi connectivity index (χ1) is 11.9. The van der Waals surface area contributed by atoms with Crippen molar-refractivity contribution in [2.24, 2.45) is 0 Å².